The van der Waals surface area contributed by atoms with Gasteiger partial charge < -0.3 is 10.2 Å². The summed E-state index contributed by atoms with van der Waals surface area (Å²) in [6, 6.07) is 5.68. The Bertz CT molecular complexity index is 1440. The standard InChI is InChI=1S/C28H28ClF2N5O2/c1-3-36-27-18-9-11-32-21(13-18)23(6-4-5-16(2)28(38)34-22(27)15-33-36)35-12-10-17(14-24(35)37)25-20(30)8-7-19(29)26(25)31/h7-9,11,13-16,23H,3-6,10,12H2,1-2H3,(H,34,38)/t16-,23+/m1/s1. The van der Waals surface area contributed by atoms with Crippen LogP contribution in [0.1, 0.15) is 56.8 Å². The van der Waals surface area contributed by atoms with E-state index in [0.29, 0.717) is 37.2 Å². The second-order valence-electron chi connectivity index (χ2n) is 9.70. The SMILES string of the molecule is CCn1ncc2c1-c1ccnc(c1)[C@@H](N1CCC(c3c(F)ccc(Cl)c3F)=CC1=O)CCC[C@@H](C)C(=O)N2. The van der Waals surface area contributed by atoms with Crippen molar-refractivity contribution in [2.24, 2.45) is 5.92 Å². The van der Waals surface area contributed by atoms with Crippen LogP contribution in [0.3, 0.4) is 0 Å². The third-order valence-corrected chi connectivity index (χ3v) is 7.59. The molecule has 198 valence electrons. The van der Waals surface area contributed by atoms with Crippen LogP contribution in [0.15, 0.2) is 42.7 Å². The van der Waals surface area contributed by atoms with E-state index in [4.69, 9.17) is 11.6 Å². The summed E-state index contributed by atoms with van der Waals surface area (Å²) in [4.78, 5) is 32.6. The zero-order chi connectivity index (χ0) is 27.0. The lowest BCUT2D eigenvalue weighted by Crippen LogP contribution is -2.38. The fourth-order valence-electron chi connectivity index (χ4n) is 5.25. The number of fused-ring (bicyclic) bond motifs is 4. The third-order valence-electron chi connectivity index (χ3n) is 7.30. The van der Waals surface area contributed by atoms with Crippen LogP contribution in [0.5, 0.6) is 0 Å². The largest absolute Gasteiger partial charge is 0.330 e. The van der Waals surface area contributed by atoms with E-state index < -0.39 is 11.6 Å². The average Bonchev–Trinajstić information content (AvgIpc) is 3.31. The first kappa shape index (κ1) is 26.0. The van der Waals surface area contributed by atoms with Crippen molar-refractivity contribution in [2.45, 2.75) is 52.1 Å². The normalized spacial score (nSPS) is 20.2. The van der Waals surface area contributed by atoms with Crippen molar-refractivity contribution in [3.8, 4) is 11.3 Å². The molecule has 0 spiro atoms. The highest BCUT2D eigenvalue weighted by Crippen LogP contribution is 2.37. The molecule has 7 nitrogen and oxygen atoms in total. The Morgan fingerprint density at radius 3 is 2.76 bits per heavy atom. The molecule has 1 aromatic carbocycles. The minimum Gasteiger partial charge on any atom is -0.330 e. The van der Waals surface area contributed by atoms with Crippen LogP contribution in [-0.2, 0) is 16.1 Å². The maximum Gasteiger partial charge on any atom is 0.247 e. The highest BCUT2D eigenvalue weighted by Gasteiger charge is 2.31. The van der Waals surface area contributed by atoms with Crippen molar-refractivity contribution >= 4 is 34.7 Å². The number of hydrogen-bond acceptors (Lipinski definition) is 4. The molecule has 0 saturated carbocycles. The number of halogens is 3. The fourth-order valence-corrected chi connectivity index (χ4v) is 5.41. The van der Waals surface area contributed by atoms with E-state index in [2.05, 4.69) is 15.4 Å². The highest BCUT2D eigenvalue weighted by molar-refractivity contribution is 6.31. The number of carbonyl (C=O) groups is 2. The monoisotopic (exact) mass is 539 g/mol. The van der Waals surface area contributed by atoms with Crippen molar-refractivity contribution in [2.75, 3.05) is 11.9 Å². The van der Waals surface area contributed by atoms with Crippen LogP contribution in [0.4, 0.5) is 14.5 Å². The van der Waals surface area contributed by atoms with Crippen LogP contribution >= 0.6 is 11.6 Å². The van der Waals surface area contributed by atoms with Gasteiger partial charge in [0.05, 0.1) is 39.9 Å². The molecule has 2 aliphatic rings. The molecule has 0 aliphatic carbocycles. The zero-order valence-corrected chi connectivity index (χ0v) is 21.9. The molecule has 0 radical (unpaired) electrons. The molecule has 2 aliphatic heterocycles. The topological polar surface area (TPSA) is 80.1 Å². The lowest BCUT2D eigenvalue weighted by molar-refractivity contribution is -0.129. The van der Waals surface area contributed by atoms with Gasteiger partial charge in [0.25, 0.3) is 0 Å². The average molecular weight is 540 g/mol. The van der Waals surface area contributed by atoms with Crippen molar-refractivity contribution in [3.63, 3.8) is 0 Å². The van der Waals surface area contributed by atoms with E-state index in [9.17, 15) is 18.4 Å². The smallest absolute Gasteiger partial charge is 0.247 e. The van der Waals surface area contributed by atoms with Crippen molar-refractivity contribution in [3.05, 3.63) is 70.6 Å². The Kier molecular flexibility index (Phi) is 7.29. The molecule has 10 heteroatoms. The Morgan fingerprint density at radius 2 is 2.00 bits per heavy atom. The first-order chi connectivity index (χ1) is 18.3. The van der Waals surface area contributed by atoms with Gasteiger partial charge in [0.2, 0.25) is 11.8 Å². The van der Waals surface area contributed by atoms with Gasteiger partial charge in [0.1, 0.15) is 5.82 Å². The Labute approximate surface area is 224 Å². The number of aryl methyl sites for hydroxylation is 1. The maximum atomic E-state index is 14.7. The third kappa shape index (κ3) is 4.82. The number of pyridine rings is 1. The van der Waals surface area contributed by atoms with Crippen molar-refractivity contribution < 1.29 is 18.4 Å². The predicted molar refractivity (Wildman–Crippen MR) is 141 cm³/mol. The zero-order valence-electron chi connectivity index (χ0n) is 21.2. The van der Waals surface area contributed by atoms with E-state index in [1.165, 1.54) is 6.08 Å². The number of anilines is 1. The molecule has 0 fully saturated rings. The van der Waals surface area contributed by atoms with Gasteiger partial charge in [-0.05, 0) is 56.0 Å². The number of aromatic nitrogens is 3. The van der Waals surface area contributed by atoms with Crippen LogP contribution in [0, 0.1) is 17.6 Å². The van der Waals surface area contributed by atoms with E-state index >= 15 is 0 Å². The van der Waals surface area contributed by atoms with Crippen molar-refractivity contribution in [1.82, 2.24) is 19.7 Å². The summed E-state index contributed by atoms with van der Waals surface area (Å²) in [5.41, 5.74) is 2.96. The van der Waals surface area contributed by atoms with Gasteiger partial charge in [-0.3, -0.25) is 19.3 Å². The first-order valence-electron chi connectivity index (χ1n) is 12.8. The summed E-state index contributed by atoms with van der Waals surface area (Å²) in [5, 5.41) is 7.27. The quantitative estimate of drug-likeness (QED) is 0.413. The van der Waals surface area contributed by atoms with Crippen LogP contribution < -0.4 is 5.32 Å². The summed E-state index contributed by atoms with van der Waals surface area (Å²) in [7, 11) is 0. The minimum absolute atomic E-state index is 0.0829. The molecule has 0 saturated heterocycles. The molecule has 38 heavy (non-hydrogen) atoms. The van der Waals surface area contributed by atoms with Crippen LogP contribution in [0.2, 0.25) is 5.02 Å². The summed E-state index contributed by atoms with van der Waals surface area (Å²) < 4.78 is 31.0. The Morgan fingerprint density at radius 1 is 1.18 bits per heavy atom. The second kappa shape index (κ2) is 10.6. The predicted octanol–water partition coefficient (Wildman–Crippen LogP) is 6.01. The lowest BCUT2D eigenvalue weighted by Gasteiger charge is -2.34. The van der Waals surface area contributed by atoms with Gasteiger partial charge in [-0.1, -0.05) is 24.9 Å². The summed E-state index contributed by atoms with van der Waals surface area (Å²) in [6.45, 7) is 4.73. The Hall–Kier alpha value is -3.59. The van der Waals surface area contributed by atoms with Gasteiger partial charge in [-0.15, -0.1) is 0 Å². The van der Waals surface area contributed by atoms with Crippen LogP contribution in [0.25, 0.3) is 16.8 Å². The fraction of sp³-hybridized carbons (Fsp3) is 0.357. The number of carbonyl (C=O) groups excluding carboxylic acids is 2. The molecular weight excluding hydrogens is 512 g/mol. The number of amides is 2. The number of rotatable bonds is 3. The summed E-state index contributed by atoms with van der Waals surface area (Å²) in [6.07, 6.45) is 6.80. The van der Waals surface area contributed by atoms with E-state index in [0.717, 1.165) is 23.4 Å². The van der Waals surface area contributed by atoms with E-state index in [1.807, 2.05) is 30.7 Å². The highest BCUT2D eigenvalue weighted by atomic mass is 35.5. The van der Waals surface area contributed by atoms with E-state index in [1.54, 1.807) is 17.3 Å². The Balaban J connectivity index is 1.54. The molecule has 2 bridgehead atoms. The molecule has 3 aromatic rings. The van der Waals surface area contributed by atoms with E-state index in [-0.39, 0.29) is 52.9 Å². The molecule has 2 amide bonds. The minimum atomic E-state index is -0.866. The number of nitrogens with zero attached hydrogens (tertiary/aromatic N) is 4. The van der Waals surface area contributed by atoms with Gasteiger partial charge in [-0.25, -0.2) is 8.78 Å². The van der Waals surface area contributed by atoms with Crippen LogP contribution in [-0.4, -0.2) is 38.0 Å². The van der Waals surface area contributed by atoms with Gasteiger partial charge >= 0.3 is 0 Å². The van der Waals surface area contributed by atoms with Gasteiger partial charge in [-0.2, -0.15) is 5.10 Å². The maximum absolute atomic E-state index is 14.7. The molecule has 4 heterocycles. The van der Waals surface area contributed by atoms with Gasteiger partial charge in [0, 0.05) is 36.8 Å². The number of benzene rings is 1. The van der Waals surface area contributed by atoms with Crippen molar-refractivity contribution in [1.29, 1.82) is 0 Å². The number of hydrogen-bond donors (Lipinski definition) is 1. The summed E-state index contributed by atoms with van der Waals surface area (Å²) in [5.74, 6) is -2.29. The number of nitrogens with one attached hydrogen (secondary N) is 1. The molecule has 5 rings (SSSR count). The second-order valence-corrected chi connectivity index (χ2v) is 10.1. The molecule has 1 N–H and O–H groups in total. The molecule has 0 unspecified atom stereocenters. The molecule has 2 aromatic heterocycles. The summed E-state index contributed by atoms with van der Waals surface area (Å²) >= 11 is 5.88. The molecule has 2 atom stereocenters. The molecular formula is C28H28ClF2N5O2. The van der Waals surface area contributed by atoms with Gasteiger partial charge in [0.15, 0.2) is 5.82 Å². The first-order valence-corrected chi connectivity index (χ1v) is 13.1. The lowest BCUT2D eigenvalue weighted by atomic mass is 9.93.